The molecule has 17 heavy (non-hydrogen) atoms. The van der Waals surface area contributed by atoms with Crippen molar-refractivity contribution in [1.29, 1.82) is 0 Å². The van der Waals surface area contributed by atoms with Crippen LogP contribution >= 0.6 is 0 Å². The quantitative estimate of drug-likeness (QED) is 0.782. The molecule has 0 radical (unpaired) electrons. The predicted octanol–water partition coefficient (Wildman–Crippen LogP) is 2.88. The van der Waals surface area contributed by atoms with Crippen LogP contribution in [0.1, 0.15) is 37.3 Å². The van der Waals surface area contributed by atoms with Gasteiger partial charge in [0.05, 0.1) is 13.0 Å². The van der Waals surface area contributed by atoms with Crippen LogP contribution in [0.15, 0.2) is 29.4 Å². The van der Waals surface area contributed by atoms with Crippen LogP contribution < -0.4 is 0 Å². The Morgan fingerprint density at radius 2 is 2.24 bits per heavy atom. The molecule has 0 saturated carbocycles. The minimum Gasteiger partial charge on any atom is -0.273 e. The van der Waals surface area contributed by atoms with Crippen LogP contribution in [-0.4, -0.2) is 16.6 Å². The smallest absolute Gasteiger partial charge is 0.248 e. The Morgan fingerprint density at radius 1 is 1.41 bits per heavy atom. The number of benzene rings is 1. The largest absolute Gasteiger partial charge is 0.273 e. The summed E-state index contributed by atoms with van der Waals surface area (Å²) in [4.78, 5) is 11.8. The third-order valence-corrected chi connectivity index (χ3v) is 2.86. The van der Waals surface area contributed by atoms with Gasteiger partial charge in [-0.1, -0.05) is 43.2 Å². The highest BCUT2D eigenvalue weighted by molar-refractivity contribution is 6.04. The summed E-state index contributed by atoms with van der Waals surface area (Å²) in [6.07, 6.45) is 2.47. The van der Waals surface area contributed by atoms with Crippen LogP contribution in [0, 0.1) is 6.92 Å². The van der Waals surface area contributed by atoms with Crippen LogP contribution in [0.2, 0.25) is 0 Å². The normalized spacial score (nSPS) is 15.3. The standard InChI is InChI=1S/C14H18N2O/c1-3-5-13-9-14(17)16(15-13)10-12-7-4-6-11(2)8-12/h4,6-8H,3,5,9-10H2,1-2H3. The Balaban J connectivity index is 2.06. The van der Waals surface area contributed by atoms with E-state index >= 15 is 0 Å². The Kier molecular flexibility index (Phi) is 3.57. The number of hydrogen-bond donors (Lipinski definition) is 0. The fourth-order valence-corrected chi connectivity index (χ4v) is 2.06. The Bertz CT molecular complexity index is 451. The molecule has 1 aromatic carbocycles. The molecule has 1 amide bonds. The molecule has 0 unspecified atom stereocenters. The fraction of sp³-hybridized carbons (Fsp3) is 0.429. The van der Waals surface area contributed by atoms with E-state index in [1.165, 1.54) is 5.56 Å². The number of hydrogen-bond acceptors (Lipinski definition) is 2. The zero-order valence-electron chi connectivity index (χ0n) is 10.4. The molecule has 1 heterocycles. The van der Waals surface area contributed by atoms with Gasteiger partial charge in [0.25, 0.3) is 0 Å². The van der Waals surface area contributed by atoms with Crippen LogP contribution in [0.5, 0.6) is 0 Å². The topological polar surface area (TPSA) is 32.7 Å². The minimum absolute atomic E-state index is 0.120. The van der Waals surface area contributed by atoms with E-state index in [1.54, 1.807) is 5.01 Å². The van der Waals surface area contributed by atoms with Crippen molar-refractivity contribution in [3.63, 3.8) is 0 Å². The van der Waals surface area contributed by atoms with Crippen LogP contribution in [0.25, 0.3) is 0 Å². The molecule has 3 heteroatoms. The van der Waals surface area contributed by atoms with Crippen molar-refractivity contribution in [2.24, 2.45) is 5.10 Å². The molecule has 0 saturated heterocycles. The van der Waals surface area contributed by atoms with Crippen LogP contribution in [0.3, 0.4) is 0 Å². The summed E-state index contributed by atoms with van der Waals surface area (Å²) in [7, 11) is 0. The number of carbonyl (C=O) groups is 1. The predicted molar refractivity (Wildman–Crippen MR) is 68.7 cm³/mol. The van der Waals surface area contributed by atoms with E-state index in [4.69, 9.17) is 0 Å². The number of carbonyl (C=O) groups excluding carboxylic acids is 1. The van der Waals surface area contributed by atoms with Gasteiger partial charge in [-0.2, -0.15) is 5.10 Å². The molecule has 1 aliphatic rings. The molecule has 0 spiro atoms. The maximum Gasteiger partial charge on any atom is 0.248 e. The van der Waals surface area contributed by atoms with E-state index in [0.29, 0.717) is 13.0 Å². The van der Waals surface area contributed by atoms with E-state index < -0.39 is 0 Å². The van der Waals surface area contributed by atoms with Gasteiger partial charge in [-0.25, -0.2) is 5.01 Å². The number of rotatable bonds is 4. The van der Waals surface area contributed by atoms with Crippen molar-refractivity contribution in [3.05, 3.63) is 35.4 Å². The van der Waals surface area contributed by atoms with Gasteiger partial charge in [-0.05, 0) is 18.9 Å². The van der Waals surface area contributed by atoms with Gasteiger partial charge in [0.15, 0.2) is 0 Å². The van der Waals surface area contributed by atoms with Crippen LogP contribution in [-0.2, 0) is 11.3 Å². The van der Waals surface area contributed by atoms with Gasteiger partial charge in [-0.15, -0.1) is 0 Å². The number of aryl methyl sites for hydroxylation is 1. The molecule has 0 atom stereocenters. The molecular formula is C14H18N2O. The molecular weight excluding hydrogens is 212 g/mol. The lowest BCUT2D eigenvalue weighted by atomic mass is 10.1. The molecule has 90 valence electrons. The lowest BCUT2D eigenvalue weighted by molar-refractivity contribution is -0.129. The van der Waals surface area contributed by atoms with E-state index in [0.717, 1.165) is 24.1 Å². The summed E-state index contributed by atoms with van der Waals surface area (Å²) in [5.74, 6) is 0.120. The minimum atomic E-state index is 0.120. The van der Waals surface area contributed by atoms with Crippen molar-refractivity contribution in [2.75, 3.05) is 0 Å². The average Bonchev–Trinajstić information content (AvgIpc) is 2.60. The average molecular weight is 230 g/mol. The van der Waals surface area contributed by atoms with E-state index in [9.17, 15) is 4.79 Å². The second kappa shape index (κ2) is 5.13. The third kappa shape index (κ3) is 2.93. The molecule has 0 N–H and O–H groups in total. The summed E-state index contributed by atoms with van der Waals surface area (Å²) in [5.41, 5.74) is 3.37. The first-order valence-corrected chi connectivity index (χ1v) is 6.11. The van der Waals surface area contributed by atoms with Gasteiger partial charge < -0.3 is 0 Å². The molecule has 3 nitrogen and oxygen atoms in total. The lowest BCUT2D eigenvalue weighted by Gasteiger charge is -2.11. The molecule has 1 aliphatic heterocycles. The number of amides is 1. The summed E-state index contributed by atoms with van der Waals surface area (Å²) < 4.78 is 0. The summed E-state index contributed by atoms with van der Waals surface area (Å²) in [6, 6.07) is 8.21. The SMILES string of the molecule is CCCC1=NN(Cc2cccc(C)c2)C(=O)C1. The Labute approximate surface area is 102 Å². The lowest BCUT2D eigenvalue weighted by Crippen LogP contribution is -2.20. The van der Waals surface area contributed by atoms with Gasteiger partial charge in [0.1, 0.15) is 0 Å². The Morgan fingerprint density at radius 3 is 2.94 bits per heavy atom. The summed E-state index contributed by atoms with van der Waals surface area (Å²) in [5, 5.41) is 5.98. The second-order valence-electron chi connectivity index (χ2n) is 4.53. The molecule has 0 aliphatic carbocycles. The monoisotopic (exact) mass is 230 g/mol. The number of nitrogens with zero attached hydrogens (tertiary/aromatic N) is 2. The van der Waals surface area contributed by atoms with Crippen molar-refractivity contribution in [3.8, 4) is 0 Å². The fourth-order valence-electron chi connectivity index (χ4n) is 2.06. The van der Waals surface area contributed by atoms with Crippen molar-refractivity contribution in [2.45, 2.75) is 39.7 Å². The van der Waals surface area contributed by atoms with E-state index in [-0.39, 0.29) is 5.91 Å². The molecule has 0 fully saturated rings. The molecule has 0 aromatic heterocycles. The first kappa shape index (κ1) is 11.8. The van der Waals surface area contributed by atoms with Gasteiger partial charge in [-0.3, -0.25) is 4.79 Å². The van der Waals surface area contributed by atoms with Crippen LogP contribution in [0.4, 0.5) is 0 Å². The van der Waals surface area contributed by atoms with E-state index in [1.807, 2.05) is 12.1 Å². The third-order valence-electron chi connectivity index (χ3n) is 2.86. The molecule has 2 rings (SSSR count). The summed E-state index contributed by atoms with van der Waals surface area (Å²) >= 11 is 0. The molecule has 1 aromatic rings. The first-order chi connectivity index (χ1) is 8.19. The van der Waals surface area contributed by atoms with Crippen molar-refractivity contribution < 1.29 is 4.79 Å². The van der Waals surface area contributed by atoms with Crippen molar-refractivity contribution >= 4 is 11.6 Å². The zero-order chi connectivity index (χ0) is 12.3. The van der Waals surface area contributed by atoms with E-state index in [2.05, 4.69) is 31.1 Å². The maximum absolute atomic E-state index is 11.8. The summed E-state index contributed by atoms with van der Waals surface area (Å²) in [6.45, 7) is 4.75. The molecule has 0 bridgehead atoms. The number of hydrazone groups is 1. The highest BCUT2D eigenvalue weighted by Crippen LogP contribution is 2.16. The first-order valence-electron chi connectivity index (χ1n) is 6.11. The maximum atomic E-state index is 11.8. The van der Waals surface area contributed by atoms with Crippen molar-refractivity contribution in [1.82, 2.24) is 5.01 Å². The van der Waals surface area contributed by atoms with Gasteiger partial charge >= 0.3 is 0 Å². The van der Waals surface area contributed by atoms with Gasteiger partial charge in [0.2, 0.25) is 5.91 Å². The Hall–Kier alpha value is -1.64. The second-order valence-corrected chi connectivity index (χ2v) is 4.53. The highest BCUT2D eigenvalue weighted by Gasteiger charge is 2.22. The zero-order valence-corrected chi connectivity index (χ0v) is 10.4. The van der Waals surface area contributed by atoms with Gasteiger partial charge in [0, 0.05) is 5.71 Å². The highest BCUT2D eigenvalue weighted by atomic mass is 16.2.